The van der Waals surface area contributed by atoms with E-state index in [0.29, 0.717) is 23.7 Å². The molecular weight excluding hydrogens is 371 g/mol. The number of fused-ring (bicyclic) bond motifs is 3. The number of hydrogen-bond acceptors (Lipinski definition) is 4. The molecule has 1 heterocycles. The van der Waals surface area contributed by atoms with Crippen molar-refractivity contribution in [3.05, 3.63) is 58.7 Å². The van der Waals surface area contributed by atoms with Gasteiger partial charge in [0.2, 0.25) is 0 Å². The second kappa shape index (κ2) is 6.78. The van der Waals surface area contributed by atoms with Crippen molar-refractivity contribution in [1.29, 1.82) is 0 Å². The lowest BCUT2D eigenvalue weighted by Crippen LogP contribution is -2.12. The highest BCUT2D eigenvalue weighted by Crippen LogP contribution is 2.44. The van der Waals surface area contributed by atoms with Crippen LogP contribution in [0.15, 0.2) is 36.4 Å². The largest absolute Gasteiger partial charge is 0.493 e. The monoisotopic (exact) mass is 389 g/mol. The van der Waals surface area contributed by atoms with Crippen LogP contribution in [0.1, 0.15) is 22.3 Å². The van der Waals surface area contributed by atoms with Crippen LogP contribution in [0.2, 0.25) is 0 Å². The van der Waals surface area contributed by atoms with E-state index >= 15 is 0 Å². The Morgan fingerprint density at radius 2 is 1.82 bits per heavy atom. The summed E-state index contributed by atoms with van der Waals surface area (Å²) in [6.45, 7) is 0.0350. The molecular formula is C20H18F3N3O2. The van der Waals surface area contributed by atoms with Gasteiger partial charge in [-0.3, -0.25) is 5.10 Å². The van der Waals surface area contributed by atoms with E-state index in [4.69, 9.17) is 9.47 Å². The van der Waals surface area contributed by atoms with E-state index in [1.165, 1.54) is 12.1 Å². The van der Waals surface area contributed by atoms with Gasteiger partial charge in [-0.25, -0.2) is 0 Å². The van der Waals surface area contributed by atoms with Crippen LogP contribution in [0.25, 0.3) is 11.3 Å². The van der Waals surface area contributed by atoms with Gasteiger partial charge in [0.05, 0.1) is 25.5 Å². The fourth-order valence-corrected chi connectivity index (χ4v) is 3.52. The molecule has 0 saturated heterocycles. The molecule has 2 N–H and O–H groups in total. The highest BCUT2D eigenvalue weighted by molar-refractivity contribution is 5.80. The van der Waals surface area contributed by atoms with Crippen molar-refractivity contribution in [2.24, 2.45) is 0 Å². The van der Waals surface area contributed by atoms with E-state index in [1.54, 1.807) is 20.3 Å². The van der Waals surface area contributed by atoms with Gasteiger partial charge in [0.1, 0.15) is 5.82 Å². The second-order valence-electron chi connectivity index (χ2n) is 6.48. The van der Waals surface area contributed by atoms with Crippen molar-refractivity contribution in [3.8, 4) is 22.8 Å². The van der Waals surface area contributed by atoms with Crippen LogP contribution in [-0.4, -0.2) is 24.4 Å². The maximum atomic E-state index is 13.2. The molecule has 146 valence electrons. The average Bonchev–Trinajstić information content (AvgIpc) is 3.23. The zero-order valence-electron chi connectivity index (χ0n) is 15.3. The molecule has 1 aliphatic carbocycles. The first-order valence-electron chi connectivity index (χ1n) is 8.64. The highest BCUT2D eigenvalue weighted by Gasteiger charge is 2.33. The third-order valence-electron chi connectivity index (χ3n) is 4.88. The summed E-state index contributed by atoms with van der Waals surface area (Å²) in [7, 11) is 3.14. The topological polar surface area (TPSA) is 59.2 Å². The lowest BCUT2D eigenvalue weighted by atomic mass is 10.1. The number of rotatable bonds is 5. The quantitative estimate of drug-likeness (QED) is 0.523. The molecule has 0 saturated carbocycles. The molecule has 1 aliphatic rings. The number of nitrogens with zero attached hydrogens (tertiary/aromatic N) is 1. The molecule has 0 bridgehead atoms. The Morgan fingerprint density at radius 3 is 2.54 bits per heavy atom. The summed E-state index contributed by atoms with van der Waals surface area (Å²) in [6, 6.07) is 9.30. The average molecular weight is 389 g/mol. The molecule has 0 spiro atoms. The van der Waals surface area contributed by atoms with Crippen molar-refractivity contribution >= 4 is 5.82 Å². The van der Waals surface area contributed by atoms with E-state index in [0.717, 1.165) is 28.5 Å². The minimum absolute atomic E-state index is 0.0350. The third-order valence-corrected chi connectivity index (χ3v) is 4.88. The molecule has 0 aliphatic heterocycles. The lowest BCUT2D eigenvalue weighted by Gasteiger charge is -2.13. The Morgan fingerprint density at radius 1 is 1.11 bits per heavy atom. The Hall–Kier alpha value is -3.16. The van der Waals surface area contributed by atoms with Crippen molar-refractivity contribution in [3.63, 3.8) is 0 Å². The fraction of sp³-hybridized carbons (Fsp3) is 0.250. The molecule has 0 amide bonds. The van der Waals surface area contributed by atoms with Gasteiger partial charge >= 0.3 is 6.18 Å². The summed E-state index contributed by atoms with van der Waals surface area (Å²) in [4.78, 5) is 0. The number of alkyl halides is 3. The summed E-state index contributed by atoms with van der Waals surface area (Å²) in [5.41, 5.74) is 3.17. The first-order valence-corrected chi connectivity index (χ1v) is 8.64. The minimum atomic E-state index is -4.39. The molecule has 4 rings (SSSR count). The van der Waals surface area contributed by atoms with Gasteiger partial charge in [0.25, 0.3) is 0 Å². The molecule has 0 unspecified atom stereocenters. The lowest BCUT2D eigenvalue weighted by molar-refractivity contribution is -0.138. The first-order chi connectivity index (χ1) is 13.4. The number of ether oxygens (including phenoxy) is 2. The number of methoxy groups -OCH3 is 2. The summed E-state index contributed by atoms with van der Waals surface area (Å²) in [5.74, 6) is 1.84. The van der Waals surface area contributed by atoms with Gasteiger partial charge in [0, 0.05) is 24.1 Å². The maximum absolute atomic E-state index is 13.2. The van der Waals surface area contributed by atoms with Gasteiger partial charge in [-0.2, -0.15) is 18.3 Å². The Kier molecular flexibility index (Phi) is 4.41. The van der Waals surface area contributed by atoms with Gasteiger partial charge in [-0.05, 0) is 29.3 Å². The molecule has 8 heteroatoms. The van der Waals surface area contributed by atoms with Crippen molar-refractivity contribution < 1.29 is 22.6 Å². The van der Waals surface area contributed by atoms with E-state index < -0.39 is 11.7 Å². The number of aromatic nitrogens is 2. The number of hydrogen-bond donors (Lipinski definition) is 2. The SMILES string of the molecule is COc1cc2c(cc1OC)-c1n[nH]c(NCc3ccccc3C(F)(F)F)c1C2. The standard InChI is InChI=1S/C20H18F3N3O2/c1-27-16-8-12-7-14-18(13(12)9-17(16)28-2)25-26-19(14)24-10-11-5-3-4-6-15(11)20(21,22)23/h3-6,8-9H,7,10H2,1-2H3,(H2,24,25,26). The normalized spacial score (nSPS) is 12.5. The van der Waals surface area contributed by atoms with Crippen LogP contribution in [0, 0.1) is 0 Å². The number of H-pyrrole nitrogens is 1. The van der Waals surface area contributed by atoms with Gasteiger partial charge in [-0.1, -0.05) is 18.2 Å². The van der Waals surface area contributed by atoms with Gasteiger partial charge in [0.15, 0.2) is 11.5 Å². The highest BCUT2D eigenvalue weighted by atomic mass is 19.4. The molecule has 28 heavy (non-hydrogen) atoms. The molecule has 0 fully saturated rings. The zero-order valence-corrected chi connectivity index (χ0v) is 15.3. The van der Waals surface area contributed by atoms with Crippen LogP contribution in [0.3, 0.4) is 0 Å². The summed E-state index contributed by atoms with van der Waals surface area (Å²) in [5, 5.41) is 10.3. The van der Waals surface area contributed by atoms with Crippen LogP contribution in [0.4, 0.5) is 19.0 Å². The number of benzene rings is 2. The molecule has 1 aromatic heterocycles. The second-order valence-corrected chi connectivity index (χ2v) is 6.48. The minimum Gasteiger partial charge on any atom is -0.493 e. The van der Waals surface area contributed by atoms with E-state index in [1.807, 2.05) is 12.1 Å². The first kappa shape index (κ1) is 18.2. The molecule has 2 aromatic carbocycles. The summed E-state index contributed by atoms with van der Waals surface area (Å²) >= 11 is 0. The molecule has 0 radical (unpaired) electrons. The van der Waals surface area contributed by atoms with Crippen molar-refractivity contribution in [2.75, 3.05) is 19.5 Å². The summed E-state index contributed by atoms with van der Waals surface area (Å²) in [6.07, 6.45) is -3.79. The van der Waals surface area contributed by atoms with Crippen LogP contribution in [0.5, 0.6) is 11.5 Å². The van der Waals surface area contributed by atoms with Gasteiger partial charge < -0.3 is 14.8 Å². The van der Waals surface area contributed by atoms with Crippen molar-refractivity contribution in [1.82, 2.24) is 10.2 Å². The third kappa shape index (κ3) is 3.04. The van der Waals surface area contributed by atoms with E-state index in [9.17, 15) is 13.2 Å². The predicted molar refractivity (Wildman–Crippen MR) is 98.7 cm³/mol. The molecule has 0 atom stereocenters. The molecule has 3 aromatic rings. The number of aromatic amines is 1. The Balaban J connectivity index is 1.60. The van der Waals surface area contributed by atoms with Crippen molar-refractivity contribution in [2.45, 2.75) is 19.1 Å². The predicted octanol–water partition coefficient (Wildman–Crippen LogP) is 4.63. The maximum Gasteiger partial charge on any atom is 0.416 e. The smallest absolute Gasteiger partial charge is 0.416 e. The van der Waals surface area contributed by atoms with E-state index in [2.05, 4.69) is 15.5 Å². The number of nitrogens with one attached hydrogen (secondary N) is 2. The van der Waals surface area contributed by atoms with E-state index in [-0.39, 0.29) is 12.1 Å². The molecule has 5 nitrogen and oxygen atoms in total. The summed E-state index contributed by atoms with van der Waals surface area (Å²) < 4.78 is 50.2. The fourth-order valence-electron chi connectivity index (χ4n) is 3.52. The van der Waals surface area contributed by atoms with Crippen LogP contribution >= 0.6 is 0 Å². The zero-order chi connectivity index (χ0) is 19.9. The van der Waals surface area contributed by atoms with Crippen LogP contribution < -0.4 is 14.8 Å². The Bertz CT molecular complexity index is 1030. The van der Waals surface area contributed by atoms with Crippen LogP contribution in [-0.2, 0) is 19.1 Å². The Labute approximate surface area is 159 Å². The van der Waals surface area contributed by atoms with Gasteiger partial charge in [-0.15, -0.1) is 0 Å². The number of anilines is 1. The number of halogens is 3.